The maximum Gasteiger partial charge on any atom is 0.0978 e. The number of pyridine rings is 3. The number of nitrogens with zero attached hydrogens (tertiary/aromatic N) is 3. The van der Waals surface area contributed by atoms with Gasteiger partial charge in [0.1, 0.15) is 0 Å². The molecule has 0 unspecified atom stereocenters. The molecule has 3 aromatic heterocycles. The number of fused-ring (bicyclic) bond motifs is 6. The van der Waals surface area contributed by atoms with E-state index in [0.29, 0.717) is 0 Å². The third kappa shape index (κ3) is 5.98. The van der Waals surface area contributed by atoms with Gasteiger partial charge in [-0.05, 0) is 80.6 Å². The Hall–Kier alpha value is -7.75. The number of hydrogen-bond acceptors (Lipinski definition) is 3. The van der Waals surface area contributed by atoms with Crippen molar-refractivity contribution in [2.45, 2.75) is 0 Å². The van der Waals surface area contributed by atoms with E-state index in [2.05, 4.69) is 200 Å². The largest absolute Gasteiger partial charge is 0.248 e. The monoisotopic (exact) mass is 737 g/mol. The predicted octanol–water partition coefficient (Wildman–Crippen LogP) is 14.5. The van der Waals surface area contributed by atoms with Crippen LogP contribution in [0.2, 0.25) is 0 Å². The summed E-state index contributed by atoms with van der Waals surface area (Å²) < 4.78 is 0. The first-order chi connectivity index (χ1) is 28.7. The van der Waals surface area contributed by atoms with Crippen molar-refractivity contribution >= 4 is 43.5 Å². The van der Waals surface area contributed by atoms with Gasteiger partial charge in [0.25, 0.3) is 0 Å². The summed E-state index contributed by atoms with van der Waals surface area (Å²) in [5, 5.41) is 5.76. The average Bonchev–Trinajstić information content (AvgIpc) is 3.31. The van der Waals surface area contributed by atoms with Gasteiger partial charge < -0.3 is 0 Å². The number of benzene rings is 8. The van der Waals surface area contributed by atoms with Crippen LogP contribution in [0.15, 0.2) is 212 Å². The molecule has 0 atom stereocenters. The van der Waals surface area contributed by atoms with E-state index in [9.17, 15) is 0 Å². The summed E-state index contributed by atoms with van der Waals surface area (Å²) in [7, 11) is 0. The second kappa shape index (κ2) is 14.1. The van der Waals surface area contributed by atoms with Crippen LogP contribution in [0.3, 0.4) is 0 Å². The van der Waals surface area contributed by atoms with Crippen molar-refractivity contribution < 1.29 is 0 Å². The summed E-state index contributed by atoms with van der Waals surface area (Å²) >= 11 is 0. The van der Waals surface area contributed by atoms with Gasteiger partial charge in [-0.1, -0.05) is 176 Å². The van der Waals surface area contributed by atoms with Crippen LogP contribution in [0.25, 0.3) is 111 Å². The zero-order valence-corrected chi connectivity index (χ0v) is 31.5. The lowest BCUT2D eigenvalue weighted by Gasteiger charge is -2.14. The summed E-state index contributed by atoms with van der Waals surface area (Å²) in [5.41, 5.74) is 15.8. The summed E-state index contributed by atoms with van der Waals surface area (Å²) in [6.45, 7) is 0. The van der Waals surface area contributed by atoms with Crippen LogP contribution in [0.4, 0.5) is 0 Å². The summed E-state index contributed by atoms with van der Waals surface area (Å²) in [5.74, 6) is 0. The highest BCUT2D eigenvalue weighted by Crippen LogP contribution is 2.39. The molecule has 0 aliphatic carbocycles. The fraction of sp³-hybridized carbons (Fsp3) is 0. The molecule has 0 aliphatic heterocycles. The molecule has 3 nitrogen and oxygen atoms in total. The van der Waals surface area contributed by atoms with Crippen LogP contribution in [0.1, 0.15) is 0 Å². The molecule has 8 aromatic carbocycles. The molecule has 0 amide bonds. The molecule has 0 saturated carbocycles. The Kier molecular flexibility index (Phi) is 8.15. The molecule has 11 aromatic rings. The minimum Gasteiger partial charge on any atom is -0.248 e. The molecule has 11 rings (SSSR count). The third-order valence-corrected chi connectivity index (χ3v) is 11.3. The summed E-state index contributed by atoms with van der Waals surface area (Å²) in [6, 6.07) is 75.1. The van der Waals surface area contributed by atoms with Crippen molar-refractivity contribution in [2.75, 3.05) is 0 Å². The molecule has 58 heavy (non-hydrogen) atoms. The van der Waals surface area contributed by atoms with E-state index in [1.165, 1.54) is 27.3 Å². The summed E-state index contributed by atoms with van der Waals surface area (Å²) in [4.78, 5) is 15.7. The van der Waals surface area contributed by atoms with Gasteiger partial charge >= 0.3 is 0 Å². The predicted molar refractivity (Wildman–Crippen MR) is 242 cm³/mol. The minimum absolute atomic E-state index is 0.900. The van der Waals surface area contributed by atoms with E-state index < -0.39 is 0 Å². The first kappa shape index (κ1) is 33.6. The molecule has 0 fully saturated rings. The molecular formula is C55H35N3. The van der Waals surface area contributed by atoms with Crippen molar-refractivity contribution in [1.29, 1.82) is 0 Å². The Bertz CT molecular complexity index is 3290. The molecule has 0 radical (unpaired) electrons. The van der Waals surface area contributed by atoms with Gasteiger partial charge in [-0.2, -0.15) is 0 Å². The van der Waals surface area contributed by atoms with Crippen LogP contribution >= 0.6 is 0 Å². The lowest BCUT2D eigenvalue weighted by molar-refractivity contribution is 1.36. The molecule has 270 valence electrons. The smallest absolute Gasteiger partial charge is 0.0978 e. The maximum atomic E-state index is 5.28. The lowest BCUT2D eigenvalue weighted by Crippen LogP contribution is -1.93. The number of hydrogen-bond donors (Lipinski definition) is 0. The lowest BCUT2D eigenvalue weighted by atomic mass is 9.93. The second-order valence-electron chi connectivity index (χ2n) is 14.8. The van der Waals surface area contributed by atoms with Crippen molar-refractivity contribution in [3.8, 4) is 67.2 Å². The maximum absolute atomic E-state index is 5.28. The highest BCUT2D eigenvalue weighted by molar-refractivity contribution is 6.14. The Morgan fingerprint density at radius 2 is 0.759 bits per heavy atom. The molecule has 0 spiro atoms. The van der Waals surface area contributed by atoms with Crippen molar-refractivity contribution in [3.63, 3.8) is 0 Å². The summed E-state index contributed by atoms with van der Waals surface area (Å²) in [6.07, 6.45) is 0. The highest BCUT2D eigenvalue weighted by Gasteiger charge is 2.16. The van der Waals surface area contributed by atoms with Gasteiger partial charge in [-0.3, -0.25) is 0 Å². The average molecular weight is 738 g/mol. The Morgan fingerprint density at radius 3 is 1.43 bits per heavy atom. The third-order valence-electron chi connectivity index (χ3n) is 11.3. The van der Waals surface area contributed by atoms with Gasteiger partial charge in [0.05, 0.1) is 33.6 Å². The molecule has 0 bridgehead atoms. The SMILES string of the molecule is c1ccc(-c2ccc3cc(-c4ccc(-c5ccc(-c6cc(-c7ccccc7)c7c(ccc8ccccc87)n6)cc5)cc4)c4ccc(-c5ccccc5)nc4c3n2)cc1. The fourth-order valence-electron chi connectivity index (χ4n) is 8.32. The zero-order chi connectivity index (χ0) is 38.4. The topological polar surface area (TPSA) is 38.7 Å². The molecule has 0 saturated heterocycles. The quantitative estimate of drug-likeness (QED) is 0.160. The molecule has 0 N–H and O–H groups in total. The van der Waals surface area contributed by atoms with Crippen LogP contribution in [0, 0.1) is 0 Å². The van der Waals surface area contributed by atoms with Crippen LogP contribution < -0.4 is 0 Å². The number of rotatable bonds is 6. The number of aromatic nitrogens is 3. The molecule has 3 heterocycles. The highest BCUT2D eigenvalue weighted by atomic mass is 14.8. The molecular weight excluding hydrogens is 703 g/mol. The van der Waals surface area contributed by atoms with Gasteiger partial charge in [-0.15, -0.1) is 0 Å². The van der Waals surface area contributed by atoms with E-state index >= 15 is 0 Å². The van der Waals surface area contributed by atoms with Crippen molar-refractivity contribution in [1.82, 2.24) is 15.0 Å². The van der Waals surface area contributed by atoms with E-state index in [1.807, 2.05) is 12.1 Å². The first-order valence-electron chi connectivity index (χ1n) is 19.7. The molecule has 0 aliphatic rings. The van der Waals surface area contributed by atoms with Crippen LogP contribution in [0.5, 0.6) is 0 Å². The van der Waals surface area contributed by atoms with E-state index in [-0.39, 0.29) is 0 Å². The van der Waals surface area contributed by atoms with E-state index in [0.717, 1.165) is 83.3 Å². The normalized spacial score (nSPS) is 11.4. The Labute approximate surface area is 336 Å². The first-order valence-corrected chi connectivity index (χ1v) is 19.7. The standard InChI is InChI=1S/C55H35N3/c1-4-12-38(13-5-1)48-35-52(56-51-32-28-39-14-10-11-19-45(39)53(48)51)43-26-22-37(23-27-43)36-20-24-40(25-21-36)47-34-44-29-31-49(41-15-6-2-7-16-41)57-54(44)55-46(47)30-33-50(58-55)42-17-8-3-9-18-42/h1-35H. The van der Waals surface area contributed by atoms with Crippen molar-refractivity contribution in [3.05, 3.63) is 212 Å². The van der Waals surface area contributed by atoms with Crippen LogP contribution in [-0.4, -0.2) is 15.0 Å². The molecule has 3 heteroatoms. The van der Waals surface area contributed by atoms with Crippen LogP contribution in [-0.2, 0) is 0 Å². The minimum atomic E-state index is 0.900. The Balaban J connectivity index is 0.965. The fourth-order valence-corrected chi connectivity index (χ4v) is 8.32. The van der Waals surface area contributed by atoms with E-state index in [4.69, 9.17) is 15.0 Å². The van der Waals surface area contributed by atoms with Gasteiger partial charge in [-0.25, -0.2) is 15.0 Å². The second-order valence-corrected chi connectivity index (χ2v) is 14.8. The van der Waals surface area contributed by atoms with Gasteiger partial charge in [0.2, 0.25) is 0 Å². The Morgan fingerprint density at radius 1 is 0.259 bits per heavy atom. The van der Waals surface area contributed by atoms with E-state index in [1.54, 1.807) is 0 Å². The van der Waals surface area contributed by atoms with Gasteiger partial charge in [0, 0.05) is 32.8 Å². The van der Waals surface area contributed by atoms with Gasteiger partial charge in [0.15, 0.2) is 0 Å². The van der Waals surface area contributed by atoms with Crippen molar-refractivity contribution in [2.24, 2.45) is 0 Å². The zero-order valence-electron chi connectivity index (χ0n) is 31.5.